The van der Waals surface area contributed by atoms with E-state index in [0.717, 1.165) is 42.8 Å². The topological polar surface area (TPSA) is 58.4 Å². The van der Waals surface area contributed by atoms with Crippen LogP contribution in [-0.4, -0.2) is 34.6 Å². The van der Waals surface area contributed by atoms with Crippen molar-refractivity contribution < 1.29 is 9.32 Å². The van der Waals surface area contributed by atoms with Gasteiger partial charge in [0, 0.05) is 31.1 Å². The molecule has 1 atom stereocenters. The average molecular weight is 402 g/mol. The lowest BCUT2D eigenvalue weighted by atomic mass is 9.85. The number of amides is 1. The molecule has 0 spiro atoms. The van der Waals surface area contributed by atoms with E-state index >= 15 is 0 Å². The van der Waals surface area contributed by atoms with E-state index in [2.05, 4.69) is 63.9 Å². The van der Waals surface area contributed by atoms with Crippen LogP contribution in [0.1, 0.15) is 53.8 Å². The molecule has 3 aromatic rings. The van der Waals surface area contributed by atoms with Crippen molar-refractivity contribution in [3.63, 3.8) is 0 Å². The molecular formula is C25H27N3O2. The second-order valence-electron chi connectivity index (χ2n) is 8.40. The summed E-state index contributed by atoms with van der Waals surface area (Å²) >= 11 is 0. The SMILES string of the molecule is C[C@@H](C(=O)NC1CC1)N1CCc2onc(C(c3ccccc3)c3ccccc3)c2C1. The minimum atomic E-state index is -0.159. The Morgan fingerprint density at radius 3 is 2.30 bits per heavy atom. The zero-order chi connectivity index (χ0) is 20.5. The molecule has 154 valence electrons. The minimum absolute atomic E-state index is 0.00967. The molecule has 1 N–H and O–H groups in total. The first-order valence-electron chi connectivity index (χ1n) is 10.8. The second kappa shape index (κ2) is 8.07. The predicted octanol–water partition coefficient (Wildman–Crippen LogP) is 3.88. The van der Waals surface area contributed by atoms with Gasteiger partial charge in [0.25, 0.3) is 0 Å². The highest BCUT2D eigenvalue weighted by molar-refractivity contribution is 5.81. The molecular weight excluding hydrogens is 374 g/mol. The smallest absolute Gasteiger partial charge is 0.237 e. The maximum absolute atomic E-state index is 12.6. The van der Waals surface area contributed by atoms with Crippen molar-refractivity contribution in [2.24, 2.45) is 0 Å². The first kappa shape index (κ1) is 19.1. The number of hydrogen-bond donors (Lipinski definition) is 1. The summed E-state index contributed by atoms with van der Waals surface area (Å²) in [6.07, 6.45) is 2.99. The number of benzene rings is 2. The first-order valence-corrected chi connectivity index (χ1v) is 10.8. The molecule has 2 aromatic carbocycles. The summed E-state index contributed by atoms with van der Waals surface area (Å²) in [5.41, 5.74) is 4.47. The fourth-order valence-electron chi connectivity index (χ4n) is 4.32. The van der Waals surface area contributed by atoms with Gasteiger partial charge in [-0.25, -0.2) is 0 Å². The molecule has 1 aliphatic heterocycles. The molecule has 0 bridgehead atoms. The summed E-state index contributed by atoms with van der Waals surface area (Å²) in [6, 6.07) is 21.1. The monoisotopic (exact) mass is 401 g/mol. The van der Waals surface area contributed by atoms with Crippen molar-refractivity contribution in [1.82, 2.24) is 15.4 Å². The maximum Gasteiger partial charge on any atom is 0.237 e. The van der Waals surface area contributed by atoms with Crippen molar-refractivity contribution in [1.29, 1.82) is 0 Å². The molecule has 30 heavy (non-hydrogen) atoms. The number of hydrogen-bond acceptors (Lipinski definition) is 4. The molecule has 2 aliphatic rings. The quantitative estimate of drug-likeness (QED) is 0.681. The average Bonchev–Trinajstić information content (AvgIpc) is 3.52. The van der Waals surface area contributed by atoms with Crippen molar-refractivity contribution in [3.05, 3.63) is 88.8 Å². The van der Waals surface area contributed by atoms with Crippen LogP contribution in [-0.2, 0) is 17.8 Å². The summed E-state index contributed by atoms with van der Waals surface area (Å²) in [7, 11) is 0. The van der Waals surface area contributed by atoms with Crippen LogP contribution < -0.4 is 5.32 Å². The summed E-state index contributed by atoms with van der Waals surface area (Å²) in [5, 5.41) is 7.68. The van der Waals surface area contributed by atoms with Crippen molar-refractivity contribution in [3.8, 4) is 0 Å². The normalized spacial score (nSPS) is 17.5. The molecule has 1 amide bonds. The number of aromatic nitrogens is 1. The Kier molecular flexibility index (Phi) is 5.13. The van der Waals surface area contributed by atoms with Crippen LogP contribution in [0.3, 0.4) is 0 Å². The lowest BCUT2D eigenvalue weighted by Crippen LogP contribution is -2.47. The standard InChI is InChI=1S/C25H27N3O2/c1-17(25(29)26-20-12-13-20)28-15-14-22-21(16-28)24(27-30-22)23(18-8-4-2-5-9-18)19-10-6-3-7-11-19/h2-11,17,20,23H,12-16H2,1H3,(H,26,29)/t17-/m0/s1. The largest absolute Gasteiger partial charge is 0.361 e. The molecule has 1 saturated carbocycles. The summed E-state index contributed by atoms with van der Waals surface area (Å²) in [6.45, 7) is 3.49. The number of nitrogens with one attached hydrogen (secondary N) is 1. The van der Waals surface area contributed by atoms with Crippen LogP contribution >= 0.6 is 0 Å². The molecule has 1 fully saturated rings. The highest BCUT2D eigenvalue weighted by atomic mass is 16.5. The van der Waals surface area contributed by atoms with Crippen LogP contribution in [0.25, 0.3) is 0 Å². The Bertz CT molecular complexity index is 972. The number of carbonyl (C=O) groups excluding carboxylic acids is 1. The Labute approximate surface area is 177 Å². The maximum atomic E-state index is 12.6. The van der Waals surface area contributed by atoms with Crippen LogP contribution in [0.2, 0.25) is 0 Å². The third-order valence-corrected chi connectivity index (χ3v) is 6.28. The molecule has 5 heteroatoms. The van der Waals surface area contributed by atoms with Gasteiger partial charge in [-0.05, 0) is 30.9 Å². The Hall–Kier alpha value is -2.92. The van der Waals surface area contributed by atoms with Gasteiger partial charge in [-0.3, -0.25) is 9.69 Å². The van der Waals surface area contributed by atoms with E-state index in [1.54, 1.807) is 0 Å². The molecule has 1 aliphatic carbocycles. The molecule has 1 aromatic heterocycles. The van der Waals surface area contributed by atoms with Gasteiger partial charge in [0.1, 0.15) is 11.5 Å². The summed E-state index contributed by atoms with van der Waals surface area (Å²) < 4.78 is 5.80. The van der Waals surface area contributed by atoms with Crippen molar-refractivity contribution >= 4 is 5.91 Å². The summed E-state index contributed by atoms with van der Waals surface area (Å²) in [5.74, 6) is 1.09. The molecule has 5 nitrogen and oxygen atoms in total. The number of fused-ring (bicyclic) bond motifs is 1. The van der Waals surface area contributed by atoms with Gasteiger partial charge in [-0.15, -0.1) is 0 Å². The third-order valence-electron chi connectivity index (χ3n) is 6.28. The van der Waals surface area contributed by atoms with E-state index in [4.69, 9.17) is 4.52 Å². The molecule has 0 saturated heterocycles. The van der Waals surface area contributed by atoms with E-state index in [0.29, 0.717) is 12.6 Å². The molecule has 0 radical (unpaired) electrons. The molecule has 0 unspecified atom stereocenters. The number of rotatable bonds is 6. The van der Waals surface area contributed by atoms with Gasteiger partial charge < -0.3 is 9.84 Å². The third kappa shape index (κ3) is 3.77. The highest BCUT2D eigenvalue weighted by Gasteiger charge is 2.34. The van der Waals surface area contributed by atoms with Gasteiger partial charge in [-0.2, -0.15) is 0 Å². The number of carbonyl (C=O) groups is 1. The fraction of sp³-hybridized carbons (Fsp3) is 0.360. The van der Waals surface area contributed by atoms with E-state index in [-0.39, 0.29) is 17.9 Å². The Balaban J connectivity index is 1.47. The first-order chi connectivity index (χ1) is 14.7. The minimum Gasteiger partial charge on any atom is -0.361 e. The number of nitrogens with zero attached hydrogens (tertiary/aromatic N) is 2. The summed E-state index contributed by atoms with van der Waals surface area (Å²) in [4.78, 5) is 14.9. The van der Waals surface area contributed by atoms with Crippen LogP contribution in [0.5, 0.6) is 0 Å². The Morgan fingerprint density at radius 2 is 1.70 bits per heavy atom. The van der Waals surface area contributed by atoms with E-state index in [1.165, 1.54) is 11.1 Å². The van der Waals surface area contributed by atoms with E-state index in [9.17, 15) is 4.79 Å². The molecule has 2 heterocycles. The van der Waals surface area contributed by atoms with Gasteiger partial charge in [0.05, 0.1) is 12.0 Å². The Morgan fingerprint density at radius 1 is 1.07 bits per heavy atom. The highest BCUT2D eigenvalue weighted by Crippen LogP contribution is 2.36. The van der Waals surface area contributed by atoms with Crippen LogP contribution in [0, 0.1) is 0 Å². The lowest BCUT2D eigenvalue weighted by molar-refractivity contribution is -0.126. The zero-order valence-corrected chi connectivity index (χ0v) is 17.3. The lowest BCUT2D eigenvalue weighted by Gasteiger charge is -2.31. The molecule has 5 rings (SSSR count). The van der Waals surface area contributed by atoms with Gasteiger partial charge in [0.2, 0.25) is 5.91 Å². The van der Waals surface area contributed by atoms with Crippen LogP contribution in [0.4, 0.5) is 0 Å². The van der Waals surface area contributed by atoms with Crippen molar-refractivity contribution in [2.45, 2.75) is 50.7 Å². The van der Waals surface area contributed by atoms with Gasteiger partial charge in [0.15, 0.2) is 0 Å². The predicted molar refractivity (Wildman–Crippen MR) is 115 cm³/mol. The second-order valence-corrected chi connectivity index (χ2v) is 8.40. The van der Waals surface area contributed by atoms with E-state index in [1.807, 2.05) is 19.1 Å². The van der Waals surface area contributed by atoms with E-state index < -0.39 is 0 Å². The van der Waals surface area contributed by atoms with Crippen LogP contribution in [0.15, 0.2) is 65.2 Å². The fourth-order valence-corrected chi connectivity index (χ4v) is 4.32. The zero-order valence-electron chi connectivity index (χ0n) is 17.3. The van der Waals surface area contributed by atoms with Crippen molar-refractivity contribution in [2.75, 3.05) is 6.54 Å². The van der Waals surface area contributed by atoms with Gasteiger partial charge in [-0.1, -0.05) is 65.8 Å². The van der Waals surface area contributed by atoms with Gasteiger partial charge >= 0.3 is 0 Å².